The third-order valence-corrected chi connectivity index (χ3v) is 12.1. The van der Waals surface area contributed by atoms with Crippen molar-refractivity contribution in [3.63, 3.8) is 0 Å². The molecule has 0 atom stereocenters. The average molecular weight is 855 g/mol. The molecule has 0 heterocycles. The second-order valence-electron chi connectivity index (χ2n) is 19.3. The zero-order valence-corrected chi connectivity index (χ0v) is 40.9. The molecule has 0 spiro atoms. The predicted octanol–water partition coefficient (Wildman–Crippen LogP) is 15.4. The lowest BCUT2D eigenvalue weighted by Crippen LogP contribution is -2.16. The molecule has 60 heavy (non-hydrogen) atoms. The van der Waals surface area contributed by atoms with Gasteiger partial charge in [0.15, 0.2) is 0 Å². The monoisotopic (exact) mass is 855 g/mol. The summed E-state index contributed by atoms with van der Waals surface area (Å²) < 4.78 is 23.7. The molecule has 0 bridgehead atoms. The van der Waals surface area contributed by atoms with Gasteiger partial charge in [-0.25, -0.2) is 0 Å². The van der Waals surface area contributed by atoms with Gasteiger partial charge in [-0.05, 0) is 72.6 Å². The molecule has 1 N–H and O–H groups in total. The van der Waals surface area contributed by atoms with E-state index >= 15 is 0 Å². The summed E-state index contributed by atoms with van der Waals surface area (Å²) in [5.74, 6) is 0.880. The fourth-order valence-corrected chi connectivity index (χ4v) is 8.54. The summed E-state index contributed by atoms with van der Waals surface area (Å²) in [5.41, 5.74) is 5.15. The molecule has 342 valence electrons. The van der Waals surface area contributed by atoms with Gasteiger partial charge in [0, 0.05) is 24.0 Å². The van der Waals surface area contributed by atoms with E-state index in [2.05, 4.69) is 67.5 Å². The molecule has 0 radical (unpaired) electrons. The molecule has 7 nitrogen and oxygen atoms in total. The first-order valence-corrected chi connectivity index (χ1v) is 25.1. The van der Waals surface area contributed by atoms with E-state index in [9.17, 15) is 14.5 Å². The van der Waals surface area contributed by atoms with Gasteiger partial charge in [0.05, 0.1) is 13.2 Å². The highest BCUT2D eigenvalue weighted by Crippen LogP contribution is 2.46. The van der Waals surface area contributed by atoms with Crippen LogP contribution in [-0.4, -0.2) is 30.0 Å². The molecule has 0 saturated carbocycles. The highest BCUT2D eigenvalue weighted by atomic mass is 31.2. The van der Waals surface area contributed by atoms with Crippen LogP contribution in [0.4, 0.5) is 0 Å². The molecule has 0 saturated heterocycles. The van der Waals surface area contributed by atoms with Crippen LogP contribution in [0.5, 0.6) is 11.5 Å². The van der Waals surface area contributed by atoms with Crippen LogP contribution < -0.4 is 9.05 Å². The van der Waals surface area contributed by atoms with Gasteiger partial charge in [0.25, 0.3) is 0 Å². The lowest BCUT2D eigenvalue weighted by Gasteiger charge is -2.28. The quantitative estimate of drug-likeness (QED) is 0.0445. The molecular formula is C52H87O7P. The van der Waals surface area contributed by atoms with Gasteiger partial charge < -0.3 is 23.4 Å². The summed E-state index contributed by atoms with van der Waals surface area (Å²) in [4.78, 5) is 36.7. The Bertz CT molecular complexity index is 1390. The van der Waals surface area contributed by atoms with Gasteiger partial charge in [-0.2, -0.15) is 0 Å². The van der Waals surface area contributed by atoms with Crippen LogP contribution in [0, 0.1) is 13.8 Å². The maximum Gasteiger partial charge on any atom is 0.460 e. The number of ether oxygens (including phenoxy) is 2. The van der Waals surface area contributed by atoms with Crippen molar-refractivity contribution in [1.29, 1.82) is 0 Å². The zero-order valence-electron chi connectivity index (χ0n) is 40.0. The Morgan fingerprint density at radius 1 is 0.500 bits per heavy atom. The van der Waals surface area contributed by atoms with Crippen molar-refractivity contribution in [2.75, 3.05) is 13.2 Å². The molecule has 2 aromatic rings. The lowest BCUT2D eigenvalue weighted by atomic mass is 9.83. The minimum atomic E-state index is -2.33. The minimum Gasteiger partial charge on any atom is -0.466 e. The van der Waals surface area contributed by atoms with Crippen LogP contribution in [0.25, 0.3) is 0 Å². The number of rotatable bonds is 32. The normalized spacial score (nSPS) is 11.9. The maximum absolute atomic E-state index is 12.6. The molecule has 2 rings (SSSR count). The fraction of sp³-hybridized carbons (Fsp3) is 0.731. The van der Waals surface area contributed by atoms with E-state index in [-0.39, 0.29) is 22.8 Å². The Morgan fingerprint density at radius 2 is 0.800 bits per heavy atom. The smallest absolute Gasteiger partial charge is 0.460 e. The van der Waals surface area contributed by atoms with E-state index in [1.165, 1.54) is 103 Å². The third-order valence-electron chi connectivity index (χ3n) is 11.4. The van der Waals surface area contributed by atoms with Crippen molar-refractivity contribution in [3.05, 3.63) is 57.6 Å². The van der Waals surface area contributed by atoms with Gasteiger partial charge in [-0.15, -0.1) is 0 Å². The molecule has 0 aliphatic carbocycles. The number of benzene rings is 2. The summed E-state index contributed by atoms with van der Waals surface area (Å²) in [6.45, 7) is 22.1. The number of carbonyl (C=O) groups is 2. The van der Waals surface area contributed by atoms with E-state index < -0.39 is 8.60 Å². The van der Waals surface area contributed by atoms with Gasteiger partial charge in [0.1, 0.15) is 11.5 Å². The summed E-state index contributed by atoms with van der Waals surface area (Å²) in [6.07, 6.45) is 26.8. The van der Waals surface area contributed by atoms with Crippen molar-refractivity contribution in [1.82, 2.24) is 0 Å². The number of aryl methyl sites for hydroxylation is 4. The van der Waals surface area contributed by atoms with Crippen molar-refractivity contribution in [3.8, 4) is 11.5 Å². The number of esters is 2. The zero-order chi connectivity index (χ0) is 44.4. The van der Waals surface area contributed by atoms with Gasteiger partial charge in [0.2, 0.25) is 0 Å². The van der Waals surface area contributed by atoms with Crippen molar-refractivity contribution in [2.24, 2.45) is 0 Å². The Kier molecular flexibility index (Phi) is 26.4. The second kappa shape index (κ2) is 29.6. The molecule has 8 heteroatoms. The molecule has 0 unspecified atom stereocenters. The number of hydrogen-bond donors (Lipinski definition) is 1. The largest absolute Gasteiger partial charge is 0.466 e. The van der Waals surface area contributed by atoms with Crippen LogP contribution in [0.15, 0.2) is 24.3 Å². The summed E-state index contributed by atoms with van der Waals surface area (Å²) in [5, 5.41) is 0. The standard InChI is InChI=1S/C52H87O7P/c1-11-13-15-17-19-21-23-25-27-29-35-56-47(53)33-31-43-37-41(3)49(45(39-43)51(5,6)7)58-60(55)59-50-42(4)38-44(40-46(50)52(8,9)10)32-34-48(54)57-36-30-28-26-24-22-20-18-16-14-12-2/h37-40,55H,11-36H2,1-10H3. The molecule has 0 fully saturated rings. The van der Waals surface area contributed by atoms with E-state index in [4.69, 9.17) is 18.5 Å². The van der Waals surface area contributed by atoms with Gasteiger partial charge in [-0.1, -0.05) is 195 Å². The van der Waals surface area contributed by atoms with Gasteiger partial charge in [-0.3, -0.25) is 9.59 Å². The van der Waals surface area contributed by atoms with E-state index in [0.29, 0.717) is 50.4 Å². The van der Waals surface area contributed by atoms with Crippen LogP contribution in [0.2, 0.25) is 0 Å². The Balaban J connectivity index is 1.92. The Morgan fingerprint density at radius 3 is 1.10 bits per heavy atom. The first-order chi connectivity index (χ1) is 28.6. The summed E-state index contributed by atoms with van der Waals surface area (Å²) in [7, 11) is -2.33. The summed E-state index contributed by atoms with van der Waals surface area (Å²) in [6, 6.07) is 8.24. The lowest BCUT2D eigenvalue weighted by molar-refractivity contribution is -0.144. The van der Waals surface area contributed by atoms with Crippen molar-refractivity contribution in [2.45, 2.75) is 234 Å². The second-order valence-corrected chi connectivity index (χ2v) is 20.1. The molecule has 0 amide bonds. The number of hydrogen-bond acceptors (Lipinski definition) is 7. The molecule has 0 aliphatic heterocycles. The van der Waals surface area contributed by atoms with E-state index in [0.717, 1.165) is 59.1 Å². The van der Waals surface area contributed by atoms with E-state index in [1.807, 2.05) is 26.0 Å². The topological polar surface area (TPSA) is 91.3 Å². The van der Waals surface area contributed by atoms with Crippen molar-refractivity contribution < 1.29 is 33.0 Å². The average Bonchev–Trinajstić information content (AvgIpc) is 3.18. The first-order valence-electron chi connectivity index (χ1n) is 24.0. The number of carbonyl (C=O) groups excluding carboxylic acids is 2. The van der Waals surface area contributed by atoms with E-state index in [1.54, 1.807) is 0 Å². The fourth-order valence-electron chi connectivity index (χ4n) is 7.71. The molecule has 2 aromatic carbocycles. The van der Waals surface area contributed by atoms with Crippen LogP contribution in [0.1, 0.15) is 230 Å². The highest BCUT2D eigenvalue weighted by Gasteiger charge is 2.28. The Labute approximate surface area is 368 Å². The third kappa shape index (κ3) is 22.5. The summed E-state index contributed by atoms with van der Waals surface area (Å²) >= 11 is 0. The molecule has 0 aromatic heterocycles. The van der Waals surface area contributed by atoms with Crippen LogP contribution >= 0.6 is 8.60 Å². The predicted molar refractivity (Wildman–Crippen MR) is 252 cm³/mol. The molecular weight excluding hydrogens is 768 g/mol. The highest BCUT2D eigenvalue weighted by molar-refractivity contribution is 7.41. The van der Waals surface area contributed by atoms with Crippen LogP contribution in [-0.2, 0) is 42.7 Å². The first kappa shape index (κ1) is 53.5. The SMILES string of the molecule is CCCCCCCCCCCCOC(=O)CCc1cc(C)c(OP(O)Oc2c(C)cc(CCC(=O)OCCCCCCCCCCCC)cc2C(C)(C)C)c(C(C)(C)C)c1. The number of unbranched alkanes of at least 4 members (excludes halogenated alkanes) is 18. The van der Waals surface area contributed by atoms with Crippen molar-refractivity contribution >= 4 is 20.5 Å². The molecule has 0 aliphatic rings. The Hall–Kier alpha value is -2.63. The van der Waals surface area contributed by atoms with Crippen LogP contribution in [0.3, 0.4) is 0 Å². The minimum absolute atomic E-state index is 0.163. The van der Waals surface area contributed by atoms with Gasteiger partial charge >= 0.3 is 20.5 Å². The maximum atomic E-state index is 12.6.